The summed E-state index contributed by atoms with van der Waals surface area (Å²) in [6.07, 6.45) is 6.15. The first kappa shape index (κ1) is 28.1. The van der Waals surface area contributed by atoms with Crippen LogP contribution in [0.1, 0.15) is 66.5 Å². The molecule has 0 bridgehead atoms. The number of pyridine rings is 2. The van der Waals surface area contributed by atoms with E-state index >= 15 is 0 Å². The summed E-state index contributed by atoms with van der Waals surface area (Å²) in [5.74, 6) is 0.829. The zero-order valence-corrected chi connectivity index (χ0v) is 23.9. The van der Waals surface area contributed by atoms with Gasteiger partial charge in [0.15, 0.2) is 0 Å². The second-order valence-corrected chi connectivity index (χ2v) is 12.2. The second-order valence-electron chi connectivity index (χ2n) is 11.0. The lowest BCUT2D eigenvalue weighted by atomic mass is 9.89. The van der Waals surface area contributed by atoms with Gasteiger partial charge in [-0.2, -0.15) is 11.8 Å². The number of hydrogen-bond donors (Lipinski definition) is 1. The van der Waals surface area contributed by atoms with E-state index in [0.717, 1.165) is 36.1 Å². The quantitative estimate of drug-likeness (QED) is 0.360. The lowest BCUT2D eigenvalue weighted by Crippen LogP contribution is -2.47. The summed E-state index contributed by atoms with van der Waals surface area (Å²) in [7, 11) is 0. The minimum absolute atomic E-state index is 0.0735. The van der Waals surface area contributed by atoms with Crippen LogP contribution in [0.5, 0.6) is 0 Å². The molecule has 9 nitrogen and oxygen atoms in total. The van der Waals surface area contributed by atoms with Gasteiger partial charge in [0.1, 0.15) is 17.0 Å². The van der Waals surface area contributed by atoms with Gasteiger partial charge in [-0.25, -0.2) is 14.2 Å². The Morgan fingerprint density at radius 2 is 1.67 bits per heavy atom. The van der Waals surface area contributed by atoms with Crippen LogP contribution in [0.4, 0.5) is 4.39 Å². The highest BCUT2D eigenvalue weighted by Gasteiger charge is 2.33. The third-order valence-corrected chi connectivity index (χ3v) is 9.50. The number of H-pyrrole nitrogens is 1. The smallest absolute Gasteiger partial charge is 0.331 e. The highest BCUT2D eigenvalue weighted by Crippen LogP contribution is 2.32. The van der Waals surface area contributed by atoms with Crippen molar-refractivity contribution in [2.45, 2.75) is 63.2 Å². The minimum Gasteiger partial charge on any atom is -0.331 e. The molecule has 11 heteroatoms. The zero-order valence-electron chi connectivity index (χ0n) is 23.1. The number of nitrogens with zero attached hydrogens (tertiary/aromatic N) is 4. The molecule has 4 heterocycles. The Kier molecular flexibility index (Phi) is 8.10. The molecular formula is C31H32FN5O4S. The minimum atomic E-state index is -0.620. The standard InChI is InChI=1S/C31H32FN5O4S/c32-21-17-26-27(34-18-21)36(24-12-15-42-16-13-24)31(41)37(30(26)40)23-10-8-22(9-11-23)35(19-20-5-2-1-3-6-20)29(39)25-7-4-14-33-28(25)38/h1-7,14,17-18,22-24H,8-13,15-16,19H2,(H,33,38). The van der Waals surface area contributed by atoms with E-state index in [9.17, 15) is 23.6 Å². The van der Waals surface area contributed by atoms with Gasteiger partial charge in [0.2, 0.25) is 0 Å². The van der Waals surface area contributed by atoms with Gasteiger partial charge in [0.05, 0.1) is 11.6 Å². The molecule has 1 saturated carbocycles. The maximum atomic E-state index is 14.3. The molecule has 218 valence electrons. The van der Waals surface area contributed by atoms with Crippen LogP contribution in [0.15, 0.2) is 75.3 Å². The number of carbonyl (C=O) groups excluding carboxylic acids is 1. The third kappa shape index (κ3) is 5.45. The Bertz CT molecular complexity index is 1770. The van der Waals surface area contributed by atoms with Crippen LogP contribution >= 0.6 is 11.8 Å². The zero-order chi connectivity index (χ0) is 29.2. The number of fused-ring (bicyclic) bond motifs is 1. The summed E-state index contributed by atoms with van der Waals surface area (Å²) in [6.45, 7) is 0.330. The molecule has 0 unspecified atom stereocenters. The third-order valence-electron chi connectivity index (χ3n) is 8.46. The molecule has 4 aromatic rings. The summed E-state index contributed by atoms with van der Waals surface area (Å²) in [5.41, 5.74) is -0.126. The van der Waals surface area contributed by atoms with E-state index in [-0.39, 0.29) is 34.6 Å². The Morgan fingerprint density at radius 1 is 0.952 bits per heavy atom. The second kappa shape index (κ2) is 12.1. The SMILES string of the molecule is O=C(c1ccc[nH]c1=O)N(Cc1ccccc1)C1CCC(n2c(=O)c3cc(F)cnc3n(C3CCSCC3)c2=O)CC1. The average Bonchev–Trinajstić information content (AvgIpc) is 3.02. The first-order chi connectivity index (χ1) is 20.4. The highest BCUT2D eigenvalue weighted by atomic mass is 32.2. The summed E-state index contributed by atoms with van der Waals surface area (Å²) < 4.78 is 17.2. The van der Waals surface area contributed by atoms with Gasteiger partial charge >= 0.3 is 5.69 Å². The van der Waals surface area contributed by atoms with Crippen molar-refractivity contribution in [2.75, 3.05) is 11.5 Å². The fourth-order valence-corrected chi connectivity index (χ4v) is 7.40. The first-order valence-electron chi connectivity index (χ1n) is 14.3. The van der Waals surface area contributed by atoms with Crippen molar-refractivity contribution in [3.63, 3.8) is 0 Å². The van der Waals surface area contributed by atoms with Crippen molar-refractivity contribution in [1.29, 1.82) is 0 Å². The van der Waals surface area contributed by atoms with Crippen molar-refractivity contribution < 1.29 is 9.18 Å². The molecule has 1 saturated heterocycles. The number of carbonyl (C=O) groups is 1. The fraction of sp³-hybridized carbons (Fsp3) is 0.387. The Hall–Kier alpha value is -3.99. The summed E-state index contributed by atoms with van der Waals surface area (Å²) in [4.78, 5) is 62.3. The van der Waals surface area contributed by atoms with Gasteiger partial charge in [-0.15, -0.1) is 0 Å². The number of amides is 1. The summed E-state index contributed by atoms with van der Waals surface area (Å²) in [6, 6.07) is 13.2. The van der Waals surface area contributed by atoms with Crippen molar-refractivity contribution >= 4 is 28.7 Å². The van der Waals surface area contributed by atoms with E-state index in [4.69, 9.17) is 0 Å². The molecule has 3 aromatic heterocycles. The number of hydrogen-bond acceptors (Lipinski definition) is 6. The Morgan fingerprint density at radius 3 is 2.38 bits per heavy atom. The fourth-order valence-electron chi connectivity index (χ4n) is 6.32. The lowest BCUT2D eigenvalue weighted by molar-refractivity contribution is 0.0587. The van der Waals surface area contributed by atoms with E-state index in [0.29, 0.717) is 32.2 Å². The summed E-state index contributed by atoms with van der Waals surface area (Å²) in [5, 5.41) is 0.110. The largest absolute Gasteiger partial charge is 0.333 e. The molecular weight excluding hydrogens is 557 g/mol. The van der Waals surface area contributed by atoms with Gasteiger partial charge in [-0.3, -0.25) is 23.5 Å². The van der Waals surface area contributed by atoms with Crippen LogP contribution in [0.25, 0.3) is 11.0 Å². The van der Waals surface area contributed by atoms with Crippen LogP contribution in [0.2, 0.25) is 0 Å². The predicted octanol–water partition coefficient (Wildman–Crippen LogP) is 4.28. The maximum Gasteiger partial charge on any atom is 0.333 e. The molecule has 1 aliphatic carbocycles. The molecule has 0 radical (unpaired) electrons. The van der Waals surface area contributed by atoms with Gasteiger partial charge in [0.25, 0.3) is 17.0 Å². The lowest BCUT2D eigenvalue weighted by Gasteiger charge is -2.37. The Balaban J connectivity index is 1.33. The predicted molar refractivity (Wildman–Crippen MR) is 160 cm³/mol. The molecule has 42 heavy (non-hydrogen) atoms. The number of rotatable bonds is 6. The number of aromatic nitrogens is 4. The normalized spacial score (nSPS) is 19.5. The molecule has 1 aliphatic heterocycles. The topological polar surface area (TPSA) is 110 Å². The number of benzene rings is 1. The van der Waals surface area contributed by atoms with E-state index in [2.05, 4.69) is 9.97 Å². The highest BCUT2D eigenvalue weighted by molar-refractivity contribution is 7.99. The molecule has 1 N–H and O–H groups in total. The molecule has 0 atom stereocenters. The van der Waals surface area contributed by atoms with Gasteiger partial charge in [-0.1, -0.05) is 30.3 Å². The molecule has 1 amide bonds. The van der Waals surface area contributed by atoms with Crippen LogP contribution in [-0.4, -0.2) is 47.5 Å². The molecule has 2 fully saturated rings. The van der Waals surface area contributed by atoms with E-state index in [1.54, 1.807) is 15.5 Å². The number of aromatic amines is 1. The van der Waals surface area contributed by atoms with Crippen LogP contribution < -0.4 is 16.8 Å². The van der Waals surface area contributed by atoms with Crippen molar-refractivity contribution in [3.8, 4) is 0 Å². The maximum absolute atomic E-state index is 14.3. The van der Waals surface area contributed by atoms with Gasteiger partial charge < -0.3 is 9.88 Å². The van der Waals surface area contributed by atoms with E-state index in [1.165, 1.54) is 22.9 Å². The van der Waals surface area contributed by atoms with Crippen LogP contribution in [-0.2, 0) is 6.54 Å². The van der Waals surface area contributed by atoms with Crippen molar-refractivity contribution in [3.05, 3.63) is 109 Å². The Labute approximate surface area is 245 Å². The molecule has 1 aromatic carbocycles. The first-order valence-corrected chi connectivity index (χ1v) is 15.5. The van der Waals surface area contributed by atoms with Crippen LogP contribution in [0.3, 0.4) is 0 Å². The average molecular weight is 590 g/mol. The van der Waals surface area contributed by atoms with Crippen molar-refractivity contribution in [2.24, 2.45) is 0 Å². The van der Waals surface area contributed by atoms with Crippen molar-refractivity contribution in [1.82, 2.24) is 24.0 Å². The van der Waals surface area contributed by atoms with Gasteiger partial charge in [-0.05, 0) is 73.8 Å². The number of nitrogens with one attached hydrogen (secondary N) is 1. The molecule has 0 spiro atoms. The van der Waals surface area contributed by atoms with E-state index in [1.807, 2.05) is 42.1 Å². The monoisotopic (exact) mass is 589 g/mol. The number of thioether (sulfide) groups is 1. The van der Waals surface area contributed by atoms with Crippen LogP contribution in [0, 0.1) is 5.82 Å². The molecule has 2 aliphatic rings. The molecule has 6 rings (SSSR count). The summed E-state index contributed by atoms with van der Waals surface area (Å²) >= 11 is 1.83. The van der Waals surface area contributed by atoms with Gasteiger partial charge in [0, 0.05) is 30.9 Å². The van der Waals surface area contributed by atoms with E-state index < -0.39 is 28.7 Å². The number of halogens is 1.